The summed E-state index contributed by atoms with van der Waals surface area (Å²) < 4.78 is 26.0. The van der Waals surface area contributed by atoms with Crippen LogP contribution in [0.25, 0.3) is 10.9 Å². The molecule has 42 heavy (non-hydrogen) atoms. The molecule has 0 aliphatic carbocycles. The second-order valence-corrected chi connectivity index (χ2v) is 11.2. The Morgan fingerprint density at radius 3 is 2.60 bits per heavy atom. The number of amides is 2. The van der Waals surface area contributed by atoms with E-state index in [4.69, 9.17) is 19.6 Å². The van der Waals surface area contributed by atoms with Crippen molar-refractivity contribution in [3.05, 3.63) is 65.1 Å². The molecule has 1 unspecified atom stereocenters. The van der Waals surface area contributed by atoms with Gasteiger partial charge in [0.1, 0.15) is 11.3 Å². The van der Waals surface area contributed by atoms with E-state index >= 15 is 0 Å². The van der Waals surface area contributed by atoms with Crippen molar-refractivity contribution in [3.8, 4) is 11.5 Å². The van der Waals surface area contributed by atoms with Crippen molar-refractivity contribution in [2.75, 3.05) is 20.3 Å². The number of pyridine rings is 1. The van der Waals surface area contributed by atoms with Crippen LogP contribution in [0.5, 0.6) is 11.5 Å². The number of carbonyl (C=O) groups is 2. The van der Waals surface area contributed by atoms with Crippen molar-refractivity contribution in [1.82, 2.24) is 15.4 Å². The number of ether oxygens (including phenoxy) is 2. The summed E-state index contributed by atoms with van der Waals surface area (Å²) in [6, 6.07) is 12.5. The zero-order valence-corrected chi connectivity index (χ0v) is 24.7. The van der Waals surface area contributed by atoms with Gasteiger partial charge in [0.2, 0.25) is 5.91 Å². The molecule has 0 saturated carbocycles. The maximum Gasteiger partial charge on any atom is 0.254 e. The molecule has 0 fully saturated rings. The van der Waals surface area contributed by atoms with Gasteiger partial charge in [-0.05, 0) is 69.5 Å². The molecule has 220 valence electrons. The quantitative estimate of drug-likeness (QED) is 0.334. The van der Waals surface area contributed by atoms with Gasteiger partial charge in [-0.15, -0.1) is 0 Å². The molecule has 0 bridgehead atoms. The van der Waals surface area contributed by atoms with Crippen molar-refractivity contribution >= 4 is 34.1 Å². The highest BCUT2D eigenvalue weighted by molar-refractivity contribution is 6.23. The zero-order valence-electron chi connectivity index (χ0n) is 24.7. The molecule has 1 aromatic heterocycles. The van der Waals surface area contributed by atoms with Crippen LogP contribution in [0.3, 0.4) is 0 Å². The summed E-state index contributed by atoms with van der Waals surface area (Å²) >= 11 is 0. The lowest BCUT2D eigenvalue weighted by molar-refractivity contribution is -0.135. The minimum atomic E-state index is -0.810. The number of benzene rings is 2. The predicted molar refractivity (Wildman–Crippen MR) is 159 cm³/mol. The fourth-order valence-corrected chi connectivity index (χ4v) is 5.38. The Bertz CT molecular complexity index is 1600. The SMILES string of the molecule is CCc1ccc2c(C3=NN(CCCCOc4ccc(C5=NNC(=O)CC5C)cc4F)C(=O)C3(C)C)ccc(OC)c2n1. The number of carbonyl (C=O) groups excluding carboxylic acids is 2. The first-order valence-electron chi connectivity index (χ1n) is 14.3. The average molecular weight is 574 g/mol. The second kappa shape index (κ2) is 11.9. The Hall–Kier alpha value is -4.34. The van der Waals surface area contributed by atoms with Crippen LogP contribution in [0.15, 0.2) is 52.7 Å². The van der Waals surface area contributed by atoms with Gasteiger partial charge in [-0.3, -0.25) is 9.59 Å². The van der Waals surface area contributed by atoms with Gasteiger partial charge in [-0.25, -0.2) is 19.8 Å². The molecule has 3 aromatic rings. The van der Waals surface area contributed by atoms with Gasteiger partial charge >= 0.3 is 0 Å². The number of nitrogens with zero attached hydrogens (tertiary/aromatic N) is 4. The van der Waals surface area contributed by atoms with Crippen molar-refractivity contribution in [2.24, 2.45) is 21.5 Å². The van der Waals surface area contributed by atoms with E-state index in [2.05, 4.69) is 17.5 Å². The van der Waals surface area contributed by atoms with Crippen molar-refractivity contribution < 1.29 is 23.5 Å². The number of hydrogen-bond donors (Lipinski definition) is 1. The van der Waals surface area contributed by atoms with Gasteiger partial charge < -0.3 is 9.47 Å². The van der Waals surface area contributed by atoms with Crippen LogP contribution >= 0.6 is 0 Å². The maximum atomic E-state index is 14.8. The van der Waals surface area contributed by atoms with Crippen molar-refractivity contribution in [1.29, 1.82) is 0 Å². The molecule has 2 aliphatic rings. The fourth-order valence-electron chi connectivity index (χ4n) is 5.38. The van der Waals surface area contributed by atoms with Crippen molar-refractivity contribution in [2.45, 2.75) is 53.4 Å². The zero-order chi connectivity index (χ0) is 30.0. The van der Waals surface area contributed by atoms with Gasteiger partial charge in [-0.2, -0.15) is 10.2 Å². The number of hydrogen-bond acceptors (Lipinski definition) is 7. The summed E-state index contributed by atoms with van der Waals surface area (Å²) in [7, 11) is 1.62. The van der Waals surface area contributed by atoms with Gasteiger partial charge in [0.15, 0.2) is 11.6 Å². The molecule has 10 heteroatoms. The van der Waals surface area contributed by atoms with Crippen LogP contribution in [-0.2, 0) is 16.0 Å². The highest BCUT2D eigenvalue weighted by Gasteiger charge is 2.44. The standard InChI is InChI=1S/C32H36FN5O4/c1-6-21-10-11-22-23(12-14-26(41-5)29(22)34-21)30-32(3,4)31(40)38(37-30)15-7-8-16-42-25-13-9-20(18-24(25)33)28-19(2)17-27(39)35-36-28/h9-14,18-19H,6-8,15-17H2,1-5H3,(H,35,39). The van der Waals surface area contributed by atoms with E-state index in [1.54, 1.807) is 19.2 Å². The third kappa shape index (κ3) is 5.57. The van der Waals surface area contributed by atoms with Gasteiger partial charge in [-0.1, -0.05) is 19.9 Å². The van der Waals surface area contributed by atoms with E-state index in [0.29, 0.717) is 55.2 Å². The number of nitrogens with one attached hydrogen (secondary N) is 1. The minimum absolute atomic E-state index is 0.0711. The summed E-state index contributed by atoms with van der Waals surface area (Å²) in [4.78, 5) is 29.6. The van der Waals surface area contributed by atoms with E-state index in [1.807, 2.05) is 45.0 Å². The molecule has 0 spiro atoms. The van der Waals surface area contributed by atoms with E-state index in [9.17, 15) is 14.0 Å². The first kappa shape index (κ1) is 29.2. The van der Waals surface area contributed by atoms with E-state index in [0.717, 1.165) is 28.6 Å². The topological polar surface area (TPSA) is 105 Å². The molecule has 3 heterocycles. The Kier molecular flexibility index (Phi) is 8.24. The number of unbranched alkanes of at least 4 members (excludes halogenated alkanes) is 1. The molecular weight excluding hydrogens is 537 g/mol. The maximum absolute atomic E-state index is 14.8. The van der Waals surface area contributed by atoms with Crippen LogP contribution in [-0.4, -0.2) is 53.5 Å². The Labute approximate surface area is 244 Å². The molecule has 1 N–H and O–H groups in total. The Morgan fingerprint density at radius 2 is 1.88 bits per heavy atom. The summed E-state index contributed by atoms with van der Waals surface area (Å²) in [6.07, 6.45) is 2.37. The molecule has 0 saturated heterocycles. The molecule has 0 radical (unpaired) electrons. The third-order valence-corrected chi connectivity index (χ3v) is 7.81. The fraction of sp³-hybridized carbons (Fsp3) is 0.406. The number of aryl methyl sites for hydroxylation is 1. The van der Waals surface area contributed by atoms with E-state index < -0.39 is 11.2 Å². The number of halogens is 1. The predicted octanol–water partition coefficient (Wildman–Crippen LogP) is 5.24. The lowest BCUT2D eigenvalue weighted by Crippen LogP contribution is -2.35. The summed E-state index contributed by atoms with van der Waals surface area (Å²) in [5.41, 5.74) is 6.17. The molecule has 2 aliphatic heterocycles. The lowest BCUT2D eigenvalue weighted by Gasteiger charge is -2.20. The van der Waals surface area contributed by atoms with Crippen LogP contribution in [0.4, 0.5) is 4.39 Å². The molecule has 5 rings (SSSR count). The Balaban J connectivity index is 1.23. The molecule has 9 nitrogen and oxygen atoms in total. The van der Waals surface area contributed by atoms with E-state index in [1.165, 1.54) is 11.1 Å². The molecule has 1 atom stereocenters. The normalized spacial score (nSPS) is 18.1. The molecule has 2 amide bonds. The highest BCUT2D eigenvalue weighted by atomic mass is 19.1. The molecular formula is C32H36FN5O4. The summed E-state index contributed by atoms with van der Waals surface area (Å²) in [5.74, 6) is 0.0259. The second-order valence-electron chi connectivity index (χ2n) is 11.2. The number of methoxy groups -OCH3 is 1. The number of hydrazone groups is 2. The van der Waals surface area contributed by atoms with Crippen LogP contribution in [0.1, 0.15) is 63.8 Å². The van der Waals surface area contributed by atoms with Crippen molar-refractivity contribution in [3.63, 3.8) is 0 Å². The van der Waals surface area contributed by atoms with Crippen LogP contribution in [0.2, 0.25) is 0 Å². The summed E-state index contributed by atoms with van der Waals surface area (Å²) in [6.45, 7) is 8.44. The monoisotopic (exact) mass is 573 g/mol. The minimum Gasteiger partial charge on any atom is -0.494 e. The van der Waals surface area contributed by atoms with Crippen LogP contribution in [0, 0.1) is 17.2 Å². The largest absolute Gasteiger partial charge is 0.494 e. The van der Waals surface area contributed by atoms with E-state index in [-0.39, 0.29) is 23.5 Å². The number of aromatic nitrogens is 1. The van der Waals surface area contributed by atoms with Crippen LogP contribution < -0.4 is 14.9 Å². The third-order valence-electron chi connectivity index (χ3n) is 7.81. The van der Waals surface area contributed by atoms with Gasteiger partial charge in [0.25, 0.3) is 5.91 Å². The smallest absolute Gasteiger partial charge is 0.254 e. The first-order valence-corrected chi connectivity index (χ1v) is 14.3. The first-order chi connectivity index (χ1) is 20.1. The lowest BCUT2D eigenvalue weighted by atomic mass is 9.82. The van der Waals surface area contributed by atoms with Gasteiger partial charge in [0.05, 0.1) is 30.6 Å². The Morgan fingerprint density at radius 1 is 1.10 bits per heavy atom. The van der Waals surface area contributed by atoms with Gasteiger partial charge in [0, 0.05) is 41.1 Å². The highest BCUT2D eigenvalue weighted by Crippen LogP contribution is 2.37. The summed E-state index contributed by atoms with van der Waals surface area (Å²) in [5, 5.41) is 11.3. The average Bonchev–Trinajstić information content (AvgIpc) is 3.20. The number of rotatable bonds is 10. The molecule has 2 aromatic carbocycles. The number of fused-ring (bicyclic) bond motifs is 1.